The molecule has 1 aromatic carbocycles. The van der Waals surface area contributed by atoms with Crippen LogP contribution in [0, 0.1) is 6.92 Å². The predicted molar refractivity (Wildman–Crippen MR) is 109 cm³/mol. The zero-order chi connectivity index (χ0) is 20.1. The molecule has 0 saturated heterocycles. The summed E-state index contributed by atoms with van der Waals surface area (Å²) in [6.07, 6.45) is 5.33. The van der Waals surface area contributed by atoms with Gasteiger partial charge in [0.25, 0.3) is 0 Å². The number of furan rings is 1. The summed E-state index contributed by atoms with van der Waals surface area (Å²) in [5, 5.41) is 7.51. The normalized spacial score (nSPS) is 12.2. The van der Waals surface area contributed by atoms with E-state index < -0.39 is 0 Å². The van der Waals surface area contributed by atoms with Crippen molar-refractivity contribution >= 4 is 0 Å². The maximum absolute atomic E-state index is 5.39. The Bertz CT molecular complexity index is 1040. The summed E-state index contributed by atoms with van der Waals surface area (Å²) in [6, 6.07) is 14.1. The van der Waals surface area contributed by atoms with E-state index in [1.54, 1.807) is 12.5 Å². The SMILES string of the molecule is Cc1nccc(-c2ccc(-c3noc(CN[C@@H](C)CCc4ccco4)n3)cc2)n1. The fourth-order valence-electron chi connectivity index (χ4n) is 3.03. The van der Waals surface area contributed by atoms with Crippen molar-refractivity contribution in [3.63, 3.8) is 0 Å². The lowest BCUT2D eigenvalue weighted by Crippen LogP contribution is -2.26. The summed E-state index contributed by atoms with van der Waals surface area (Å²) in [5.41, 5.74) is 2.82. The molecule has 0 unspecified atom stereocenters. The highest BCUT2D eigenvalue weighted by atomic mass is 16.5. The van der Waals surface area contributed by atoms with E-state index in [0.29, 0.717) is 24.3 Å². The quantitative estimate of drug-likeness (QED) is 0.483. The molecule has 7 heteroatoms. The van der Waals surface area contributed by atoms with Crippen LogP contribution in [0.25, 0.3) is 22.6 Å². The van der Waals surface area contributed by atoms with Crippen LogP contribution in [0.3, 0.4) is 0 Å². The molecule has 148 valence electrons. The van der Waals surface area contributed by atoms with Gasteiger partial charge in [-0.05, 0) is 38.5 Å². The van der Waals surface area contributed by atoms with Gasteiger partial charge in [-0.1, -0.05) is 29.4 Å². The van der Waals surface area contributed by atoms with Gasteiger partial charge in [0.05, 0.1) is 18.5 Å². The first kappa shape index (κ1) is 19.0. The van der Waals surface area contributed by atoms with E-state index in [2.05, 4.69) is 32.3 Å². The molecular formula is C22H23N5O2. The summed E-state index contributed by atoms with van der Waals surface area (Å²) >= 11 is 0. The molecule has 0 aliphatic rings. The number of rotatable bonds is 8. The first-order chi connectivity index (χ1) is 14.2. The van der Waals surface area contributed by atoms with E-state index in [1.807, 2.05) is 49.4 Å². The molecule has 0 bridgehead atoms. The average Bonchev–Trinajstić information content (AvgIpc) is 3.43. The van der Waals surface area contributed by atoms with Gasteiger partial charge >= 0.3 is 0 Å². The van der Waals surface area contributed by atoms with Gasteiger partial charge in [0.1, 0.15) is 11.6 Å². The van der Waals surface area contributed by atoms with Crippen LogP contribution in [0.1, 0.15) is 30.8 Å². The molecular weight excluding hydrogens is 366 g/mol. The van der Waals surface area contributed by atoms with Crippen molar-refractivity contribution in [3.8, 4) is 22.6 Å². The Hall–Kier alpha value is -3.32. The number of nitrogens with one attached hydrogen (secondary N) is 1. The first-order valence-corrected chi connectivity index (χ1v) is 9.66. The predicted octanol–water partition coefficient (Wildman–Crippen LogP) is 4.21. The molecule has 3 heterocycles. The fraction of sp³-hybridized carbons (Fsp3) is 0.273. The largest absolute Gasteiger partial charge is 0.469 e. The Labute approximate surface area is 169 Å². The second-order valence-electron chi connectivity index (χ2n) is 6.98. The third-order valence-electron chi connectivity index (χ3n) is 4.69. The van der Waals surface area contributed by atoms with Crippen molar-refractivity contribution in [2.24, 2.45) is 0 Å². The van der Waals surface area contributed by atoms with Gasteiger partial charge in [-0.15, -0.1) is 0 Å². The molecule has 0 saturated carbocycles. The van der Waals surface area contributed by atoms with Crippen LogP contribution < -0.4 is 5.32 Å². The molecule has 0 radical (unpaired) electrons. The highest BCUT2D eigenvalue weighted by Crippen LogP contribution is 2.22. The van der Waals surface area contributed by atoms with Crippen LogP contribution in [0.2, 0.25) is 0 Å². The van der Waals surface area contributed by atoms with Crippen molar-refractivity contribution in [2.75, 3.05) is 0 Å². The Kier molecular flexibility index (Phi) is 5.76. The number of aryl methyl sites for hydroxylation is 2. The zero-order valence-corrected chi connectivity index (χ0v) is 16.5. The number of hydrogen-bond donors (Lipinski definition) is 1. The monoisotopic (exact) mass is 389 g/mol. The van der Waals surface area contributed by atoms with Gasteiger partial charge < -0.3 is 14.3 Å². The van der Waals surface area contributed by atoms with Crippen LogP contribution >= 0.6 is 0 Å². The maximum atomic E-state index is 5.39. The molecule has 3 aromatic heterocycles. The molecule has 0 aliphatic heterocycles. The summed E-state index contributed by atoms with van der Waals surface area (Å²) in [6.45, 7) is 4.54. The second-order valence-corrected chi connectivity index (χ2v) is 6.98. The van der Waals surface area contributed by atoms with E-state index in [9.17, 15) is 0 Å². The molecule has 0 spiro atoms. The van der Waals surface area contributed by atoms with Crippen molar-refractivity contribution in [1.82, 2.24) is 25.4 Å². The standard InChI is InChI=1S/C22H23N5O2/c1-15(5-10-19-4-3-13-28-19)24-14-21-26-22(27-29-21)18-8-6-17(7-9-18)20-11-12-23-16(2)25-20/h3-4,6-9,11-13,15,24H,5,10,14H2,1-2H3/t15-/m0/s1. The minimum atomic E-state index is 0.311. The third-order valence-corrected chi connectivity index (χ3v) is 4.69. The third kappa shape index (κ3) is 4.94. The Balaban J connectivity index is 1.33. The summed E-state index contributed by atoms with van der Waals surface area (Å²) in [7, 11) is 0. The Morgan fingerprint density at radius 2 is 1.86 bits per heavy atom. The summed E-state index contributed by atoms with van der Waals surface area (Å²) < 4.78 is 10.8. The molecule has 0 aliphatic carbocycles. The van der Waals surface area contributed by atoms with Crippen molar-refractivity contribution in [1.29, 1.82) is 0 Å². The maximum Gasteiger partial charge on any atom is 0.240 e. The molecule has 4 aromatic rings. The van der Waals surface area contributed by atoms with Gasteiger partial charge in [0.15, 0.2) is 0 Å². The van der Waals surface area contributed by atoms with E-state index in [1.165, 1.54) is 0 Å². The summed E-state index contributed by atoms with van der Waals surface area (Å²) in [5.74, 6) is 2.90. The highest BCUT2D eigenvalue weighted by Gasteiger charge is 2.11. The number of hydrogen-bond acceptors (Lipinski definition) is 7. The van der Waals surface area contributed by atoms with Gasteiger partial charge in [0, 0.05) is 29.8 Å². The molecule has 29 heavy (non-hydrogen) atoms. The average molecular weight is 389 g/mol. The lowest BCUT2D eigenvalue weighted by Gasteiger charge is -2.10. The van der Waals surface area contributed by atoms with Crippen molar-refractivity contribution in [2.45, 2.75) is 39.3 Å². The number of benzene rings is 1. The molecule has 7 nitrogen and oxygen atoms in total. The summed E-state index contributed by atoms with van der Waals surface area (Å²) in [4.78, 5) is 13.1. The van der Waals surface area contributed by atoms with E-state index >= 15 is 0 Å². The smallest absolute Gasteiger partial charge is 0.240 e. The fourth-order valence-corrected chi connectivity index (χ4v) is 3.03. The molecule has 1 N–H and O–H groups in total. The van der Waals surface area contributed by atoms with Gasteiger partial charge in [0.2, 0.25) is 11.7 Å². The molecule has 0 fully saturated rings. The minimum Gasteiger partial charge on any atom is -0.469 e. The Morgan fingerprint density at radius 3 is 2.62 bits per heavy atom. The van der Waals surface area contributed by atoms with Crippen LogP contribution in [0.15, 0.2) is 63.9 Å². The van der Waals surface area contributed by atoms with E-state index in [-0.39, 0.29) is 0 Å². The first-order valence-electron chi connectivity index (χ1n) is 9.66. The van der Waals surface area contributed by atoms with E-state index in [4.69, 9.17) is 8.94 Å². The van der Waals surface area contributed by atoms with Crippen LogP contribution in [-0.4, -0.2) is 26.2 Å². The molecule has 4 rings (SSSR count). The van der Waals surface area contributed by atoms with Crippen molar-refractivity contribution in [3.05, 3.63) is 72.4 Å². The second kappa shape index (κ2) is 8.79. The van der Waals surface area contributed by atoms with Gasteiger partial charge in [-0.25, -0.2) is 9.97 Å². The van der Waals surface area contributed by atoms with Crippen LogP contribution in [0.4, 0.5) is 0 Å². The van der Waals surface area contributed by atoms with Gasteiger partial charge in [-0.2, -0.15) is 4.98 Å². The minimum absolute atomic E-state index is 0.311. The molecule has 0 amide bonds. The highest BCUT2D eigenvalue weighted by molar-refractivity contribution is 5.64. The van der Waals surface area contributed by atoms with Crippen LogP contribution in [-0.2, 0) is 13.0 Å². The number of aromatic nitrogens is 4. The lowest BCUT2D eigenvalue weighted by atomic mass is 10.1. The zero-order valence-electron chi connectivity index (χ0n) is 16.5. The Morgan fingerprint density at radius 1 is 1.03 bits per heavy atom. The number of nitrogens with zero attached hydrogens (tertiary/aromatic N) is 4. The van der Waals surface area contributed by atoms with Crippen LogP contribution in [0.5, 0.6) is 0 Å². The van der Waals surface area contributed by atoms with Crippen molar-refractivity contribution < 1.29 is 8.94 Å². The topological polar surface area (TPSA) is 89.9 Å². The molecule has 1 atom stereocenters. The van der Waals surface area contributed by atoms with E-state index in [0.717, 1.165) is 41.2 Å². The lowest BCUT2D eigenvalue weighted by molar-refractivity contribution is 0.355. The van der Waals surface area contributed by atoms with Gasteiger partial charge in [-0.3, -0.25) is 0 Å².